The summed E-state index contributed by atoms with van der Waals surface area (Å²) in [5.74, 6) is 0. The molecule has 0 aromatic rings. The molecule has 0 N–H and O–H groups in total. The van der Waals surface area contributed by atoms with E-state index in [0.717, 1.165) is 6.08 Å². The lowest BCUT2D eigenvalue weighted by atomic mass is 10.3. The lowest BCUT2D eigenvalue weighted by Crippen LogP contribution is -2.31. The maximum Gasteiger partial charge on any atom is 0.352 e. The second-order valence-corrected chi connectivity index (χ2v) is 3.64. The highest BCUT2D eigenvalue weighted by atomic mass is 79.9. The van der Waals surface area contributed by atoms with Crippen LogP contribution in [-0.4, -0.2) is 23.2 Å². The van der Waals surface area contributed by atoms with Crippen LogP contribution in [0.5, 0.6) is 0 Å². The Morgan fingerprint density at radius 1 is 1.46 bits per heavy atom. The first-order chi connectivity index (χ1) is 5.81. The van der Waals surface area contributed by atoms with Crippen LogP contribution in [0.3, 0.4) is 0 Å². The van der Waals surface area contributed by atoms with Gasteiger partial charge in [0, 0.05) is 6.61 Å². The van der Waals surface area contributed by atoms with Gasteiger partial charge in [-0.3, -0.25) is 0 Å². The molecule has 6 heteroatoms. The lowest BCUT2D eigenvalue weighted by molar-refractivity contribution is 0.0214. The molecule has 13 heavy (non-hydrogen) atoms. The van der Waals surface area contributed by atoms with Crippen molar-refractivity contribution in [2.24, 2.45) is 0 Å². The Balaban J connectivity index is 4.09. The third-order valence-electron chi connectivity index (χ3n) is 1.06. The van der Waals surface area contributed by atoms with E-state index in [-0.39, 0.29) is 13.2 Å². The van der Waals surface area contributed by atoms with Crippen LogP contribution in [0.15, 0.2) is 12.2 Å². The molecule has 77 valence electrons. The van der Waals surface area contributed by atoms with Gasteiger partial charge in [0.25, 0.3) is 5.13 Å². The summed E-state index contributed by atoms with van der Waals surface area (Å²) in [5.41, 5.74) is 0. The van der Waals surface area contributed by atoms with E-state index >= 15 is 0 Å². The number of ether oxygens (including phenoxy) is 1. The number of allylic oxidation sites excluding steroid dienone is 1. The minimum Gasteiger partial charge on any atom is -0.377 e. The summed E-state index contributed by atoms with van der Waals surface area (Å²) in [4.78, 5) is -3.80. The molecule has 0 aliphatic carbocycles. The van der Waals surface area contributed by atoms with Gasteiger partial charge in [-0.05, 0) is 28.9 Å². The molecular weight excluding hydrogens is 272 g/mol. The normalized spacial score (nSPS) is 17.7. The molecule has 0 aromatic heterocycles. The Morgan fingerprint density at radius 3 is 2.38 bits per heavy atom. The largest absolute Gasteiger partial charge is 0.377 e. The zero-order valence-corrected chi connectivity index (χ0v) is 8.92. The van der Waals surface area contributed by atoms with E-state index in [2.05, 4.69) is 11.7 Å². The molecule has 0 aliphatic heterocycles. The average Bonchev–Trinajstić information content (AvgIpc) is 1.96. The summed E-state index contributed by atoms with van der Waals surface area (Å²) >= 11 is 6.69. The van der Waals surface area contributed by atoms with E-state index in [9.17, 15) is 13.2 Å². The SMILES string of the molecule is [CH2]COCC=CC(F)(Cl)C(F)(F)Br. The molecule has 0 spiro atoms. The van der Waals surface area contributed by atoms with E-state index in [1.807, 2.05) is 15.9 Å². The second kappa shape index (κ2) is 5.22. The van der Waals surface area contributed by atoms with Gasteiger partial charge in [0.05, 0.1) is 6.61 Å². The standard InChI is InChI=1S/C7H8BrClF3O/c1-2-13-5-3-4-6(9,10)7(8,11)12/h3-4H,1-2,5H2. The molecule has 0 amide bonds. The Hall–Kier alpha value is 0.260. The first-order valence-electron chi connectivity index (χ1n) is 3.30. The molecule has 1 atom stereocenters. The number of halogens is 5. The fourth-order valence-electron chi connectivity index (χ4n) is 0.442. The Bertz CT molecular complexity index is 179. The second-order valence-electron chi connectivity index (χ2n) is 2.10. The quantitative estimate of drug-likeness (QED) is 0.426. The summed E-state index contributed by atoms with van der Waals surface area (Å²) in [7, 11) is 0. The highest BCUT2D eigenvalue weighted by Gasteiger charge is 2.49. The first kappa shape index (κ1) is 13.3. The van der Waals surface area contributed by atoms with Crippen LogP contribution >= 0.6 is 27.5 Å². The Kier molecular flexibility index (Phi) is 5.32. The minimum absolute atomic E-state index is 0.00896. The summed E-state index contributed by atoms with van der Waals surface area (Å²) in [6.07, 6.45) is 1.59. The summed E-state index contributed by atoms with van der Waals surface area (Å²) < 4.78 is 42.1. The number of hydrogen-bond acceptors (Lipinski definition) is 1. The van der Waals surface area contributed by atoms with E-state index in [1.165, 1.54) is 0 Å². The van der Waals surface area contributed by atoms with Crippen LogP contribution in [0, 0.1) is 6.92 Å². The van der Waals surface area contributed by atoms with Crippen molar-refractivity contribution in [3.63, 3.8) is 0 Å². The molecule has 0 bridgehead atoms. The fraction of sp³-hybridized carbons (Fsp3) is 0.571. The number of rotatable bonds is 5. The summed E-state index contributed by atoms with van der Waals surface area (Å²) in [6.45, 7) is 3.50. The molecule has 0 saturated carbocycles. The van der Waals surface area contributed by atoms with Crippen molar-refractivity contribution in [2.45, 2.75) is 9.96 Å². The molecule has 0 rings (SSSR count). The van der Waals surface area contributed by atoms with Gasteiger partial charge in [0.15, 0.2) is 0 Å². The highest BCUT2D eigenvalue weighted by molar-refractivity contribution is 9.10. The third-order valence-corrected chi connectivity index (χ3v) is 2.23. The van der Waals surface area contributed by atoms with Gasteiger partial charge < -0.3 is 4.74 Å². The Morgan fingerprint density at radius 2 is 2.00 bits per heavy atom. The van der Waals surface area contributed by atoms with Crippen molar-refractivity contribution in [1.29, 1.82) is 0 Å². The molecule has 0 aromatic carbocycles. The predicted molar refractivity (Wildman–Crippen MR) is 48.9 cm³/mol. The van der Waals surface area contributed by atoms with E-state index < -0.39 is 9.96 Å². The monoisotopic (exact) mass is 279 g/mol. The third kappa shape index (κ3) is 4.88. The van der Waals surface area contributed by atoms with Gasteiger partial charge in [-0.1, -0.05) is 17.7 Å². The summed E-state index contributed by atoms with van der Waals surface area (Å²) in [5, 5.41) is -3.24. The molecule has 0 saturated heterocycles. The van der Waals surface area contributed by atoms with E-state index in [1.54, 1.807) is 0 Å². The van der Waals surface area contributed by atoms with E-state index in [4.69, 9.17) is 11.6 Å². The lowest BCUT2D eigenvalue weighted by Gasteiger charge is -2.18. The van der Waals surface area contributed by atoms with Crippen molar-refractivity contribution >= 4 is 27.5 Å². The van der Waals surface area contributed by atoms with Crippen molar-refractivity contribution in [2.75, 3.05) is 13.2 Å². The van der Waals surface area contributed by atoms with Gasteiger partial charge in [-0.2, -0.15) is 8.78 Å². The minimum atomic E-state index is -3.80. The average molecular weight is 280 g/mol. The smallest absolute Gasteiger partial charge is 0.352 e. The van der Waals surface area contributed by atoms with Gasteiger partial charge >= 0.3 is 4.83 Å². The highest BCUT2D eigenvalue weighted by Crippen LogP contribution is 2.42. The van der Waals surface area contributed by atoms with Crippen LogP contribution in [0.4, 0.5) is 13.2 Å². The number of hydrogen-bond donors (Lipinski definition) is 0. The first-order valence-corrected chi connectivity index (χ1v) is 4.47. The summed E-state index contributed by atoms with van der Waals surface area (Å²) in [6, 6.07) is 0. The molecular formula is C7H8BrClF3O. The van der Waals surface area contributed by atoms with Crippen LogP contribution in [0.1, 0.15) is 0 Å². The molecule has 0 fully saturated rings. The van der Waals surface area contributed by atoms with Gasteiger partial charge in [-0.25, -0.2) is 4.39 Å². The van der Waals surface area contributed by atoms with Gasteiger partial charge in [0.1, 0.15) is 0 Å². The van der Waals surface area contributed by atoms with Crippen LogP contribution in [0.25, 0.3) is 0 Å². The molecule has 1 radical (unpaired) electrons. The fourth-order valence-corrected chi connectivity index (χ4v) is 0.663. The predicted octanol–water partition coefficient (Wildman–Crippen LogP) is 3.29. The van der Waals surface area contributed by atoms with Crippen molar-refractivity contribution in [3.05, 3.63) is 19.1 Å². The molecule has 1 nitrogen and oxygen atoms in total. The van der Waals surface area contributed by atoms with E-state index in [0.29, 0.717) is 6.08 Å². The zero-order valence-electron chi connectivity index (χ0n) is 6.57. The maximum absolute atomic E-state index is 12.8. The maximum atomic E-state index is 12.8. The van der Waals surface area contributed by atoms with Gasteiger partial charge in [0.2, 0.25) is 0 Å². The van der Waals surface area contributed by atoms with Crippen LogP contribution < -0.4 is 0 Å². The van der Waals surface area contributed by atoms with Crippen LogP contribution in [0.2, 0.25) is 0 Å². The van der Waals surface area contributed by atoms with Crippen molar-refractivity contribution in [3.8, 4) is 0 Å². The molecule has 0 aliphatic rings. The Labute approximate surface area is 88.0 Å². The zero-order chi connectivity index (χ0) is 10.5. The molecule has 0 heterocycles. The van der Waals surface area contributed by atoms with Gasteiger partial charge in [-0.15, -0.1) is 0 Å². The van der Waals surface area contributed by atoms with Crippen molar-refractivity contribution in [1.82, 2.24) is 0 Å². The topological polar surface area (TPSA) is 9.23 Å². The van der Waals surface area contributed by atoms with Crippen molar-refractivity contribution < 1.29 is 17.9 Å². The molecule has 1 unspecified atom stereocenters. The van der Waals surface area contributed by atoms with Crippen LogP contribution in [-0.2, 0) is 4.74 Å². The number of alkyl halides is 5.